The van der Waals surface area contributed by atoms with E-state index < -0.39 is 0 Å². The number of rotatable bonds is 7. The maximum absolute atomic E-state index is 4.93. The number of aromatic nitrogens is 2. The van der Waals surface area contributed by atoms with E-state index in [1.54, 1.807) is 7.11 Å². The van der Waals surface area contributed by atoms with Gasteiger partial charge in [0.1, 0.15) is 0 Å². The molecule has 0 bridgehead atoms. The van der Waals surface area contributed by atoms with Gasteiger partial charge in [0.15, 0.2) is 0 Å². The van der Waals surface area contributed by atoms with Crippen LogP contribution in [0.1, 0.15) is 11.4 Å². The number of methoxy groups -OCH3 is 1. The molecule has 1 aromatic heterocycles. The lowest BCUT2D eigenvalue weighted by Crippen LogP contribution is -2.26. The summed E-state index contributed by atoms with van der Waals surface area (Å²) in [6.45, 7) is 7.23. The van der Waals surface area contributed by atoms with E-state index in [1.165, 1.54) is 0 Å². The average Bonchev–Trinajstić information content (AvgIpc) is 2.22. The van der Waals surface area contributed by atoms with Crippen molar-refractivity contribution in [1.29, 1.82) is 0 Å². The maximum Gasteiger partial charge on any atom is 0.223 e. The molecule has 90 valence electrons. The van der Waals surface area contributed by atoms with Crippen molar-refractivity contribution in [3.8, 4) is 0 Å². The molecule has 0 aromatic carbocycles. The molecule has 0 aliphatic heterocycles. The van der Waals surface area contributed by atoms with Crippen molar-refractivity contribution < 1.29 is 4.74 Å². The molecule has 1 rings (SSSR count). The summed E-state index contributed by atoms with van der Waals surface area (Å²) >= 11 is 0. The first-order valence-electron chi connectivity index (χ1n) is 5.48. The van der Waals surface area contributed by atoms with Gasteiger partial charge >= 0.3 is 0 Å². The Morgan fingerprint density at radius 1 is 1.12 bits per heavy atom. The monoisotopic (exact) mass is 224 g/mol. The molecule has 5 heteroatoms. The summed E-state index contributed by atoms with van der Waals surface area (Å²) < 4.78 is 4.93. The van der Waals surface area contributed by atoms with Crippen LogP contribution in [-0.2, 0) is 4.74 Å². The van der Waals surface area contributed by atoms with Crippen molar-refractivity contribution in [3.63, 3.8) is 0 Å². The molecule has 0 aliphatic carbocycles. The smallest absolute Gasteiger partial charge is 0.223 e. The van der Waals surface area contributed by atoms with Gasteiger partial charge in [0.2, 0.25) is 5.95 Å². The van der Waals surface area contributed by atoms with Gasteiger partial charge in [0, 0.05) is 38.1 Å². The lowest BCUT2D eigenvalue weighted by Gasteiger charge is -2.07. The minimum Gasteiger partial charge on any atom is -0.383 e. The maximum atomic E-state index is 4.93. The Labute approximate surface area is 96.6 Å². The summed E-state index contributed by atoms with van der Waals surface area (Å²) in [4.78, 5) is 8.59. The second kappa shape index (κ2) is 7.14. The summed E-state index contributed by atoms with van der Waals surface area (Å²) in [5.41, 5.74) is 1.98. The van der Waals surface area contributed by atoms with Crippen molar-refractivity contribution in [3.05, 3.63) is 17.5 Å². The standard InChI is InChI=1S/C11H20N4O/c1-9-8-10(2)15-11(14-9)13-5-4-12-6-7-16-3/h8,12H,4-7H2,1-3H3,(H,13,14,15). The first-order valence-corrected chi connectivity index (χ1v) is 5.48. The highest BCUT2D eigenvalue weighted by molar-refractivity contribution is 5.27. The molecule has 0 atom stereocenters. The van der Waals surface area contributed by atoms with Crippen LogP contribution in [0, 0.1) is 13.8 Å². The van der Waals surface area contributed by atoms with Crippen LogP contribution in [0.4, 0.5) is 5.95 Å². The highest BCUT2D eigenvalue weighted by Gasteiger charge is 1.97. The molecule has 0 saturated heterocycles. The van der Waals surface area contributed by atoms with Crippen LogP contribution in [0.2, 0.25) is 0 Å². The van der Waals surface area contributed by atoms with Crippen molar-refractivity contribution in [2.24, 2.45) is 0 Å². The minimum atomic E-state index is 0.700. The Bertz CT molecular complexity index is 297. The highest BCUT2D eigenvalue weighted by Crippen LogP contribution is 2.02. The van der Waals surface area contributed by atoms with Crippen LogP contribution in [-0.4, -0.2) is 43.3 Å². The van der Waals surface area contributed by atoms with E-state index in [2.05, 4.69) is 20.6 Å². The Morgan fingerprint density at radius 3 is 2.44 bits per heavy atom. The number of aryl methyl sites for hydroxylation is 2. The molecule has 1 aromatic rings. The van der Waals surface area contributed by atoms with Crippen molar-refractivity contribution in [2.75, 3.05) is 38.7 Å². The number of hydrogen-bond acceptors (Lipinski definition) is 5. The van der Waals surface area contributed by atoms with Crippen LogP contribution >= 0.6 is 0 Å². The van der Waals surface area contributed by atoms with Crippen LogP contribution in [0.5, 0.6) is 0 Å². The Hall–Kier alpha value is -1.20. The molecule has 0 fully saturated rings. The van der Waals surface area contributed by atoms with Crippen LogP contribution in [0.25, 0.3) is 0 Å². The van der Waals surface area contributed by atoms with Gasteiger partial charge < -0.3 is 15.4 Å². The van der Waals surface area contributed by atoms with E-state index in [4.69, 9.17) is 4.74 Å². The van der Waals surface area contributed by atoms with Gasteiger partial charge in [-0.15, -0.1) is 0 Å². The van der Waals surface area contributed by atoms with Crippen molar-refractivity contribution >= 4 is 5.95 Å². The normalized spacial score (nSPS) is 10.4. The summed E-state index contributed by atoms with van der Waals surface area (Å²) in [6, 6.07) is 1.96. The van der Waals surface area contributed by atoms with Gasteiger partial charge in [0.25, 0.3) is 0 Å². The first-order chi connectivity index (χ1) is 7.72. The molecule has 0 saturated carbocycles. The summed E-state index contributed by atoms with van der Waals surface area (Å²) in [5, 5.41) is 6.42. The lowest BCUT2D eigenvalue weighted by molar-refractivity contribution is 0.200. The van der Waals surface area contributed by atoms with Gasteiger partial charge in [-0.1, -0.05) is 0 Å². The zero-order valence-electron chi connectivity index (χ0n) is 10.2. The molecule has 0 amide bonds. The quantitative estimate of drug-likeness (QED) is 0.669. The van der Waals surface area contributed by atoms with Crippen LogP contribution in [0.15, 0.2) is 6.07 Å². The van der Waals surface area contributed by atoms with Crippen LogP contribution in [0.3, 0.4) is 0 Å². The van der Waals surface area contributed by atoms with E-state index in [1.807, 2.05) is 19.9 Å². The Balaban J connectivity index is 2.21. The summed E-state index contributed by atoms with van der Waals surface area (Å²) in [5.74, 6) is 0.700. The number of anilines is 1. The molecule has 0 spiro atoms. The number of ether oxygens (including phenoxy) is 1. The molecular formula is C11H20N4O. The molecular weight excluding hydrogens is 204 g/mol. The fourth-order valence-electron chi connectivity index (χ4n) is 1.37. The molecule has 0 unspecified atom stereocenters. The third-order valence-electron chi connectivity index (χ3n) is 2.05. The van der Waals surface area contributed by atoms with Crippen molar-refractivity contribution in [2.45, 2.75) is 13.8 Å². The fraction of sp³-hybridized carbons (Fsp3) is 0.636. The topological polar surface area (TPSA) is 59.1 Å². The van der Waals surface area contributed by atoms with E-state index in [0.29, 0.717) is 5.95 Å². The predicted octanol–water partition coefficient (Wildman–Crippen LogP) is 0.741. The Morgan fingerprint density at radius 2 is 1.81 bits per heavy atom. The zero-order valence-corrected chi connectivity index (χ0v) is 10.2. The minimum absolute atomic E-state index is 0.700. The van der Waals surface area contributed by atoms with Crippen molar-refractivity contribution in [1.82, 2.24) is 15.3 Å². The molecule has 16 heavy (non-hydrogen) atoms. The highest BCUT2D eigenvalue weighted by atomic mass is 16.5. The van der Waals surface area contributed by atoms with Gasteiger partial charge in [-0.05, 0) is 19.9 Å². The van der Waals surface area contributed by atoms with Gasteiger partial charge in [-0.3, -0.25) is 0 Å². The lowest BCUT2D eigenvalue weighted by atomic mass is 10.4. The number of hydrogen-bond donors (Lipinski definition) is 2. The number of nitrogens with zero attached hydrogens (tertiary/aromatic N) is 2. The largest absolute Gasteiger partial charge is 0.383 e. The van der Waals surface area contributed by atoms with Crippen LogP contribution < -0.4 is 10.6 Å². The van der Waals surface area contributed by atoms with Gasteiger partial charge in [-0.2, -0.15) is 0 Å². The van der Waals surface area contributed by atoms with E-state index >= 15 is 0 Å². The summed E-state index contributed by atoms with van der Waals surface area (Å²) in [7, 11) is 1.70. The zero-order chi connectivity index (χ0) is 11.8. The molecule has 0 radical (unpaired) electrons. The summed E-state index contributed by atoms with van der Waals surface area (Å²) in [6.07, 6.45) is 0. The molecule has 2 N–H and O–H groups in total. The Kier molecular flexibility index (Phi) is 5.74. The fourth-order valence-corrected chi connectivity index (χ4v) is 1.37. The first kappa shape index (κ1) is 12.9. The van der Waals surface area contributed by atoms with Gasteiger partial charge in [0.05, 0.1) is 6.61 Å². The number of nitrogens with one attached hydrogen (secondary N) is 2. The average molecular weight is 224 g/mol. The van der Waals surface area contributed by atoms with E-state index in [9.17, 15) is 0 Å². The second-order valence-corrected chi connectivity index (χ2v) is 3.64. The third kappa shape index (κ3) is 5.04. The molecule has 0 aliphatic rings. The third-order valence-corrected chi connectivity index (χ3v) is 2.05. The van der Waals surface area contributed by atoms with E-state index in [0.717, 1.165) is 37.6 Å². The molecule has 5 nitrogen and oxygen atoms in total. The predicted molar refractivity (Wildman–Crippen MR) is 64.7 cm³/mol. The molecule has 1 heterocycles. The van der Waals surface area contributed by atoms with E-state index in [-0.39, 0.29) is 0 Å². The second-order valence-electron chi connectivity index (χ2n) is 3.64. The SMILES string of the molecule is COCCNCCNc1nc(C)cc(C)n1. The van der Waals surface area contributed by atoms with Gasteiger partial charge in [-0.25, -0.2) is 9.97 Å².